The van der Waals surface area contributed by atoms with Crippen LogP contribution in [0.25, 0.3) is 0 Å². The van der Waals surface area contributed by atoms with Crippen molar-refractivity contribution in [3.05, 3.63) is 59.4 Å². The van der Waals surface area contributed by atoms with Crippen molar-refractivity contribution in [2.75, 3.05) is 13.7 Å². The predicted molar refractivity (Wildman–Crippen MR) is 82.3 cm³/mol. The molecule has 0 saturated heterocycles. The number of nitrogens with zero attached hydrogens (tertiary/aromatic N) is 1. The first-order chi connectivity index (χ1) is 10.8. The van der Waals surface area contributed by atoms with Crippen molar-refractivity contribution in [1.82, 2.24) is 4.57 Å². The molecule has 0 aliphatic rings. The van der Waals surface area contributed by atoms with Crippen LogP contribution in [0.3, 0.4) is 0 Å². The minimum absolute atomic E-state index is 0.329. The van der Waals surface area contributed by atoms with Gasteiger partial charge in [0.05, 0.1) is 31.1 Å². The highest BCUT2D eigenvalue weighted by molar-refractivity contribution is 5.90. The molecule has 0 spiro atoms. The van der Waals surface area contributed by atoms with Gasteiger partial charge in [-0.3, -0.25) is 0 Å². The van der Waals surface area contributed by atoms with Crippen molar-refractivity contribution >= 4 is 5.97 Å². The van der Waals surface area contributed by atoms with Crippen molar-refractivity contribution in [2.24, 2.45) is 0 Å². The molecule has 22 heavy (non-hydrogen) atoms. The average Bonchev–Trinajstić information content (AvgIpc) is 2.92. The fourth-order valence-electron chi connectivity index (χ4n) is 2.15. The molecule has 0 unspecified atom stereocenters. The van der Waals surface area contributed by atoms with Crippen molar-refractivity contribution in [3.8, 4) is 0 Å². The molecule has 2 aromatic rings. The largest absolute Gasteiger partial charge is 0.462 e. The maximum absolute atomic E-state index is 11.9. The Morgan fingerprint density at radius 1 is 1.14 bits per heavy atom. The van der Waals surface area contributed by atoms with Gasteiger partial charge < -0.3 is 18.8 Å². The number of esters is 1. The van der Waals surface area contributed by atoms with Crippen LogP contribution in [0.2, 0.25) is 0 Å². The summed E-state index contributed by atoms with van der Waals surface area (Å²) in [5, 5.41) is 0. The van der Waals surface area contributed by atoms with Gasteiger partial charge in [0.15, 0.2) is 0 Å². The standard InChI is InChI=1S/C17H21NO4/c1-3-22-17(19)15-9-10-18(16(15)12-20-2)13-21-11-14-7-5-4-6-8-14/h4-10H,3,11-13H2,1-2H3. The molecule has 5 heteroatoms. The van der Waals surface area contributed by atoms with Gasteiger partial charge >= 0.3 is 5.97 Å². The smallest absolute Gasteiger partial charge is 0.340 e. The molecule has 1 heterocycles. The molecule has 0 radical (unpaired) electrons. The Kier molecular flexibility index (Phi) is 6.18. The van der Waals surface area contributed by atoms with Crippen LogP contribution < -0.4 is 0 Å². The number of ether oxygens (including phenoxy) is 3. The van der Waals surface area contributed by atoms with Crippen molar-refractivity contribution in [1.29, 1.82) is 0 Å². The second kappa shape index (κ2) is 8.36. The van der Waals surface area contributed by atoms with E-state index in [0.717, 1.165) is 11.3 Å². The fourth-order valence-corrected chi connectivity index (χ4v) is 2.15. The second-order valence-electron chi connectivity index (χ2n) is 4.76. The van der Waals surface area contributed by atoms with Gasteiger partial charge in [0.25, 0.3) is 0 Å². The molecule has 0 bridgehead atoms. The van der Waals surface area contributed by atoms with Crippen LogP contribution in [0.5, 0.6) is 0 Å². The lowest BCUT2D eigenvalue weighted by Gasteiger charge is -2.11. The molecule has 5 nitrogen and oxygen atoms in total. The highest BCUT2D eigenvalue weighted by Crippen LogP contribution is 2.15. The molecule has 2 rings (SSSR count). The summed E-state index contributed by atoms with van der Waals surface area (Å²) in [6, 6.07) is 11.7. The van der Waals surface area contributed by atoms with Crippen LogP contribution in [0.15, 0.2) is 42.6 Å². The average molecular weight is 303 g/mol. The highest BCUT2D eigenvalue weighted by atomic mass is 16.5. The molecule has 0 N–H and O–H groups in total. The van der Waals surface area contributed by atoms with Gasteiger partial charge in [-0.05, 0) is 18.6 Å². The number of aromatic nitrogens is 1. The zero-order valence-corrected chi connectivity index (χ0v) is 13.0. The zero-order chi connectivity index (χ0) is 15.8. The van der Waals surface area contributed by atoms with E-state index in [1.54, 1.807) is 20.1 Å². The van der Waals surface area contributed by atoms with Crippen LogP contribution >= 0.6 is 0 Å². The number of rotatable bonds is 8. The summed E-state index contributed by atoms with van der Waals surface area (Å²) >= 11 is 0. The second-order valence-corrected chi connectivity index (χ2v) is 4.76. The third kappa shape index (κ3) is 4.19. The topological polar surface area (TPSA) is 49.7 Å². The Morgan fingerprint density at radius 3 is 2.59 bits per heavy atom. The number of carbonyl (C=O) groups excluding carboxylic acids is 1. The molecular formula is C17H21NO4. The summed E-state index contributed by atoms with van der Waals surface area (Å²) < 4.78 is 17.8. The van der Waals surface area contributed by atoms with E-state index in [2.05, 4.69) is 0 Å². The molecule has 0 aliphatic heterocycles. The van der Waals surface area contributed by atoms with Crippen LogP contribution in [-0.4, -0.2) is 24.3 Å². The molecule has 0 saturated carbocycles. The maximum Gasteiger partial charge on any atom is 0.340 e. The minimum atomic E-state index is -0.337. The SMILES string of the molecule is CCOC(=O)c1ccn(COCc2ccccc2)c1COC. The van der Waals surface area contributed by atoms with E-state index in [1.165, 1.54) is 0 Å². The summed E-state index contributed by atoms with van der Waals surface area (Å²) in [4.78, 5) is 11.9. The van der Waals surface area contributed by atoms with Crippen LogP contribution in [0, 0.1) is 0 Å². The lowest BCUT2D eigenvalue weighted by molar-refractivity contribution is 0.0502. The third-order valence-corrected chi connectivity index (χ3v) is 3.20. The van der Waals surface area contributed by atoms with E-state index < -0.39 is 0 Å². The number of benzene rings is 1. The van der Waals surface area contributed by atoms with Gasteiger partial charge in [-0.25, -0.2) is 4.79 Å². The Labute approximate surface area is 130 Å². The fraction of sp³-hybridized carbons (Fsp3) is 0.353. The predicted octanol–water partition coefficient (Wildman–Crippen LogP) is 2.99. The Bertz CT molecular complexity index is 592. The van der Waals surface area contributed by atoms with Crippen LogP contribution in [0.1, 0.15) is 28.5 Å². The van der Waals surface area contributed by atoms with E-state index >= 15 is 0 Å². The maximum atomic E-state index is 11.9. The quantitative estimate of drug-likeness (QED) is 0.703. The molecule has 118 valence electrons. The number of hydrogen-bond acceptors (Lipinski definition) is 4. The number of carbonyl (C=O) groups is 1. The first-order valence-electron chi connectivity index (χ1n) is 7.22. The van der Waals surface area contributed by atoms with Crippen LogP contribution in [0.4, 0.5) is 0 Å². The number of hydrogen-bond donors (Lipinski definition) is 0. The van der Waals surface area contributed by atoms with E-state index in [0.29, 0.717) is 32.1 Å². The molecule has 0 fully saturated rings. The Hall–Kier alpha value is -2.11. The van der Waals surface area contributed by atoms with Crippen LogP contribution in [-0.2, 0) is 34.2 Å². The minimum Gasteiger partial charge on any atom is -0.462 e. The first kappa shape index (κ1) is 16.3. The van der Waals surface area contributed by atoms with Gasteiger partial charge in [-0.1, -0.05) is 30.3 Å². The molecule has 1 aromatic heterocycles. The van der Waals surface area contributed by atoms with Gasteiger partial charge in [0.2, 0.25) is 0 Å². The van der Waals surface area contributed by atoms with Crippen molar-refractivity contribution in [2.45, 2.75) is 26.9 Å². The monoisotopic (exact) mass is 303 g/mol. The molecular weight excluding hydrogens is 282 g/mol. The summed E-state index contributed by atoms with van der Waals surface area (Å²) in [5.74, 6) is -0.337. The lowest BCUT2D eigenvalue weighted by Crippen LogP contribution is -2.12. The summed E-state index contributed by atoms with van der Waals surface area (Å²) in [6.45, 7) is 3.33. The van der Waals surface area contributed by atoms with Gasteiger partial charge in [0.1, 0.15) is 6.73 Å². The lowest BCUT2D eigenvalue weighted by atomic mass is 10.2. The highest BCUT2D eigenvalue weighted by Gasteiger charge is 2.16. The van der Waals surface area contributed by atoms with E-state index in [-0.39, 0.29) is 5.97 Å². The van der Waals surface area contributed by atoms with Gasteiger partial charge in [-0.2, -0.15) is 0 Å². The Morgan fingerprint density at radius 2 is 1.91 bits per heavy atom. The molecule has 0 aliphatic carbocycles. The van der Waals surface area contributed by atoms with Gasteiger partial charge in [0, 0.05) is 13.3 Å². The molecule has 1 aromatic carbocycles. The van der Waals surface area contributed by atoms with E-state index in [9.17, 15) is 4.79 Å². The third-order valence-electron chi connectivity index (χ3n) is 3.20. The summed E-state index contributed by atoms with van der Waals surface area (Å²) in [6.07, 6.45) is 1.81. The van der Waals surface area contributed by atoms with Gasteiger partial charge in [-0.15, -0.1) is 0 Å². The Balaban J connectivity index is 2.02. The molecule has 0 atom stereocenters. The van der Waals surface area contributed by atoms with Crippen molar-refractivity contribution in [3.63, 3.8) is 0 Å². The first-order valence-corrected chi connectivity index (χ1v) is 7.22. The molecule has 0 amide bonds. The summed E-state index contributed by atoms with van der Waals surface area (Å²) in [5.41, 5.74) is 2.38. The van der Waals surface area contributed by atoms with E-state index in [4.69, 9.17) is 14.2 Å². The normalized spacial score (nSPS) is 10.6. The zero-order valence-electron chi connectivity index (χ0n) is 13.0. The summed E-state index contributed by atoms with van der Waals surface area (Å²) in [7, 11) is 1.59. The number of methoxy groups -OCH3 is 1. The van der Waals surface area contributed by atoms with E-state index in [1.807, 2.05) is 41.1 Å². The van der Waals surface area contributed by atoms with Crippen molar-refractivity contribution < 1.29 is 19.0 Å².